The highest BCUT2D eigenvalue weighted by Crippen LogP contribution is 2.46. The van der Waals surface area contributed by atoms with Crippen LogP contribution >= 0.6 is 0 Å². The molecule has 1 heteroatoms. The molecule has 1 fully saturated rings. The fraction of sp³-hybridized carbons (Fsp3) is 0.684. The van der Waals surface area contributed by atoms with Crippen molar-refractivity contribution in [3.05, 3.63) is 29.8 Å². The molecule has 0 amide bonds. The molecule has 0 bridgehead atoms. The average Bonchev–Trinajstić information content (AvgIpc) is 2.49. The second-order valence-corrected chi connectivity index (χ2v) is 6.29. The minimum absolute atomic E-state index is 0.385. The minimum atomic E-state index is 0.385. The van der Waals surface area contributed by atoms with E-state index in [2.05, 4.69) is 38.1 Å². The van der Waals surface area contributed by atoms with Gasteiger partial charge in [0, 0.05) is 5.56 Å². The van der Waals surface area contributed by atoms with Crippen molar-refractivity contribution in [2.24, 2.45) is 0 Å². The molecule has 0 unspecified atom stereocenters. The normalized spacial score (nSPS) is 17.9. The van der Waals surface area contributed by atoms with E-state index in [-0.39, 0.29) is 0 Å². The van der Waals surface area contributed by atoms with Gasteiger partial charge in [0.1, 0.15) is 5.75 Å². The lowest BCUT2D eigenvalue weighted by atomic mass is 9.66. The van der Waals surface area contributed by atoms with E-state index in [9.17, 15) is 0 Å². The molecule has 112 valence electrons. The second kappa shape index (κ2) is 7.71. The van der Waals surface area contributed by atoms with Gasteiger partial charge in [-0.15, -0.1) is 0 Å². The first-order valence-corrected chi connectivity index (χ1v) is 8.55. The van der Waals surface area contributed by atoms with E-state index < -0.39 is 0 Å². The smallest absolute Gasteiger partial charge is 0.123 e. The third-order valence-electron chi connectivity index (χ3n) is 4.75. The van der Waals surface area contributed by atoms with Gasteiger partial charge in [-0.1, -0.05) is 64.2 Å². The van der Waals surface area contributed by atoms with Gasteiger partial charge in [0.25, 0.3) is 0 Å². The van der Waals surface area contributed by atoms with Gasteiger partial charge in [-0.25, -0.2) is 0 Å². The Morgan fingerprint density at radius 3 is 2.45 bits per heavy atom. The van der Waals surface area contributed by atoms with Crippen molar-refractivity contribution in [2.75, 3.05) is 6.61 Å². The van der Waals surface area contributed by atoms with E-state index in [0.29, 0.717) is 5.41 Å². The number of ether oxygens (including phenoxy) is 1. The Balaban J connectivity index is 2.23. The molecule has 0 radical (unpaired) electrons. The van der Waals surface area contributed by atoms with Crippen LogP contribution in [0.4, 0.5) is 0 Å². The summed E-state index contributed by atoms with van der Waals surface area (Å²) < 4.78 is 6.10. The number of rotatable bonds is 7. The Kier molecular flexibility index (Phi) is 5.94. The van der Waals surface area contributed by atoms with Crippen molar-refractivity contribution in [3.63, 3.8) is 0 Å². The van der Waals surface area contributed by atoms with Crippen molar-refractivity contribution in [2.45, 2.75) is 77.0 Å². The molecule has 1 saturated carbocycles. The zero-order valence-corrected chi connectivity index (χ0v) is 13.3. The summed E-state index contributed by atoms with van der Waals surface area (Å²) in [7, 11) is 0. The summed E-state index contributed by atoms with van der Waals surface area (Å²) >= 11 is 0. The van der Waals surface area contributed by atoms with Crippen molar-refractivity contribution < 1.29 is 4.74 Å². The molecule has 1 aromatic carbocycles. The van der Waals surface area contributed by atoms with E-state index in [1.807, 2.05) is 0 Å². The van der Waals surface area contributed by atoms with Gasteiger partial charge in [-0.3, -0.25) is 0 Å². The van der Waals surface area contributed by atoms with Gasteiger partial charge < -0.3 is 4.74 Å². The van der Waals surface area contributed by atoms with Crippen LogP contribution in [0, 0.1) is 0 Å². The van der Waals surface area contributed by atoms with Gasteiger partial charge in [-0.2, -0.15) is 0 Å². The summed E-state index contributed by atoms with van der Waals surface area (Å²) in [5.41, 5.74) is 1.87. The molecule has 0 spiro atoms. The maximum Gasteiger partial charge on any atom is 0.123 e. The average molecular weight is 274 g/mol. The number of unbranched alkanes of at least 4 members (excludes halogenated alkanes) is 1. The highest BCUT2D eigenvalue weighted by molar-refractivity contribution is 5.40. The van der Waals surface area contributed by atoms with E-state index in [1.54, 1.807) is 0 Å². The molecule has 1 nitrogen and oxygen atoms in total. The maximum atomic E-state index is 6.10. The Morgan fingerprint density at radius 1 is 1.00 bits per heavy atom. The predicted molar refractivity (Wildman–Crippen MR) is 86.5 cm³/mol. The first-order valence-electron chi connectivity index (χ1n) is 8.55. The van der Waals surface area contributed by atoms with Gasteiger partial charge in [-0.05, 0) is 37.2 Å². The summed E-state index contributed by atoms with van der Waals surface area (Å²) in [5, 5.41) is 0. The third kappa shape index (κ3) is 3.56. The molecular weight excluding hydrogens is 244 g/mol. The monoisotopic (exact) mass is 274 g/mol. The third-order valence-corrected chi connectivity index (χ3v) is 4.75. The molecule has 1 aliphatic carbocycles. The molecule has 0 aromatic heterocycles. The van der Waals surface area contributed by atoms with Crippen molar-refractivity contribution >= 4 is 0 Å². The number of para-hydroxylation sites is 1. The van der Waals surface area contributed by atoms with Crippen LogP contribution in [-0.2, 0) is 5.41 Å². The number of hydrogen-bond donors (Lipinski definition) is 0. The van der Waals surface area contributed by atoms with Crippen LogP contribution in [0.1, 0.15) is 77.2 Å². The minimum Gasteiger partial charge on any atom is -0.493 e. The molecule has 0 atom stereocenters. The second-order valence-electron chi connectivity index (χ2n) is 6.29. The van der Waals surface area contributed by atoms with E-state index in [0.717, 1.165) is 18.8 Å². The fourth-order valence-electron chi connectivity index (χ4n) is 3.72. The topological polar surface area (TPSA) is 9.23 Å². The molecule has 1 aromatic rings. The summed E-state index contributed by atoms with van der Waals surface area (Å²) in [5.74, 6) is 1.15. The first-order chi connectivity index (χ1) is 9.82. The zero-order valence-electron chi connectivity index (χ0n) is 13.3. The number of hydrogen-bond acceptors (Lipinski definition) is 1. The lowest BCUT2D eigenvalue weighted by Crippen LogP contribution is -2.29. The van der Waals surface area contributed by atoms with Crippen LogP contribution in [0.5, 0.6) is 5.75 Å². The van der Waals surface area contributed by atoms with Crippen LogP contribution in [0.15, 0.2) is 24.3 Å². The van der Waals surface area contributed by atoms with Gasteiger partial charge >= 0.3 is 0 Å². The standard InChI is InChI=1S/C19H30O/c1-3-5-16-20-18-12-8-7-11-17(18)19(13-4-2)14-9-6-10-15-19/h7-8,11-12H,3-6,9-10,13-16H2,1-2H3. The summed E-state index contributed by atoms with van der Waals surface area (Å²) in [6.45, 7) is 5.39. The van der Waals surface area contributed by atoms with Crippen LogP contribution in [0.2, 0.25) is 0 Å². The van der Waals surface area contributed by atoms with E-state index >= 15 is 0 Å². The quantitative estimate of drug-likeness (QED) is 0.565. The van der Waals surface area contributed by atoms with Gasteiger partial charge in [0.05, 0.1) is 6.61 Å². The summed E-state index contributed by atoms with van der Waals surface area (Å²) in [4.78, 5) is 0. The molecule has 1 aliphatic rings. The SMILES string of the molecule is CCCCOc1ccccc1C1(CCC)CCCCC1. The molecule has 2 rings (SSSR count). The first kappa shape index (κ1) is 15.4. The summed E-state index contributed by atoms with van der Waals surface area (Å²) in [6, 6.07) is 8.81. The van der Waals surface area contributed by atoms with Crippen LogP contribution in [0.3, 0.4) is 0 Å². The van der Waals surface area contributed by atoms with Crippen LogP contribution in [-0.4, -0.2) is 6.61 Å². The highest BCUT2D eigenvalue weighted by atomic mass is 16.5. The predicted octanol–water partition coefficient (Wildman–Crippen LogP) is 5.87. The van der Waals surface area contributed by atoms with Gasteiger partial charge in [0.2, 0.25) is 0 Å². The molecular formula is C19H30O. The molecule has 20 heavy (non-hydrogen) atoms. The lowest BCUT2D eigenvalue weighted by Gasteiger charge is -2.39. The largest absolute Gasteiger partial charge is 0.493 e. The maximum absolute atomic E-state index is 6.10. The number of benzene rings is 1. The molecule has 0 N–H and O–H groups in total. The molecule has 0 saturated heterocycles. The Labute approximate surface area is 124 Å². The highest BCUT2D eigenvalue weighted by Gasteiger charge is 2.35. The molecule has 0 aliphatic heterocycles. The van der Waals surface area contributed by atoms with E-state index in [4.69, 9.17) is 4.74 Å². The Morgan fingerprint density at radius 2 is 1.75 bits per heavy atom. The Hall–Kier alpha value is -0.980. The van der Waals surface area contributed by atoms with Crippen molar-refractivity contribution in [1.29, 1.82) is 0 Å². The lowest BCUT2D eigenvalue weighted by molar-refractivity contribution is 0.249. The fourth-order valence-corrected chi connectivity index (χ4v) is 3.72. The van der Waals surface area contributed by atoms with Gasteiger partial charge in [0.15, 0.2) is 0 Å². The van der Waals surface area contributed by atoms with Crippen LogP contribution in [0.25, 0.3) is 0 Å². The summed E-state index contributed by atoms with van der Waals surface area (Å²) in [6.07, 6.45) is 11.8. The molecule has 0 heterocycles. The van der Waals surface area contributed by atoms with Crippen molar-refractivity contribution in [3.8, 4) is 5.75 Å². The van der Waals surface area contributed by atoms with Crippen LogP contribution < -0.4 is 4.74 Å². The Bertz CT molecular complexity index is 385. The zero-order chi connectivity index (χ0) is 14.3. The van der Waals surface area contributed by atoms with E-state index in [1.165, 1.54) is 56.9 Å². The van der Waals surface area contributed by atoms with Crippen molar-refractivity contribution in [1.82, 2.24) is 0 Å².